The summed E-state index contributed by atoms with van der Waals surface area (Å²) in [6.07, 6.45) is 0. The Labute approximate surface area is 120 Å². The molecule has 0 amide bonds. The predicted molar refractivity (Wildman–Crippen MR) is 79.6 cm³/mol. The largest absolute Gasteiger partial charge is 0.497 e. The monoisotopic (exact) mass is 325 g/mol. The summed E-state index contributed by atoms with van der Waals surface area (Å²) in [6, 6.07) is 15.7. The van der Waals surface area contributed by atoms with Gasteiger partial charge in [0.25, 0.3) is 0 Å². The first-order chi connectivity index (χ1) is 8.69. The van der Waals surface area contributed by atoms with E-state index in [4.69, 9.17) is 16.3 Å². The van der Waals surface area contributed by atoms with Crippen molar-refractivity contribution < 1.29 is 4.74 Å². The Hall–Kier alpha value is -1.19. The van der Waals surface area contributed by atoms with Crippen LogP contribution in [-0.4, -0.2) is 7.11 Å². The van der Waals surface area contributed by atoms with Gasteiger partial charge in [-0.3, -0.25) is 0 Å². The molecule has 0 aliphatic heterocycles. The summed E-state index contributed by atoms with van der Waals surface area (Å²) in [5.74, 6) is 0.849. The van der Waals surface area contributed by atoms with Gasteiger partial charge in [0.05, 0.1) is 13.7 Å². The standard InChI is InChI=1S/C14H13BrClNO/c1-18-14-7-5-13(6-8-14)17(15)10-11-3-2-4-12(16)9-11/h2-9H,10H2,1H3. The van der Waals surface area contributed by atoms with Crippen LogP contribution in [0, 0.1) is 0 Å². The molecule has 0 N–H and O–H groups in total. The van der Waals surface area contributed by atoms with Crippen molar-refractivity contribution in [2.75, 3.05) is 11.0 Å². The summed E-state index contributed by atoms with van der Waals surface area (Å²) in [5, 5.41) is 0.753. The van der Waals surface area contributed by atoms with Crippen LogP contribution in [0.3, 0.4) is 0 Å². The van der Waals surface area contributed by atoms with Gasteiger partial charge in [0, 0.05) is 26.9 Å². The Morgan fingerprint density at radius 3 is 2.50 bits per heavy atom. The van der Waals surface area contributed by atoms with Crippen LogP contribution in [0.2, 0.25) is 5.02 Å². The van der Waals surface area contributed by atoms with Gasteiger partial charge >= 0.3 is 0 Å². The minimum Gasteiger partial charge on any atom is -0.497 e. The van der Waals surface area contributed by atoms with E-state index in [1.54, 1.807) is 7.11 Å². The maximum Gasteiger partial charge on any atom is 0.119 e. The molecule has 0 aliphatic carbocycles. The van der Waals surface area contributed by atoms with Gasteiger partial charge < -0.3 is 8.66 Å². The second-order valence-corrected chi connectivity index (χ2v) is 5.14. The lowest BCUT2D eigenvalue weighted by Crippen LogP contribution is -2.08. The fourth-order valence-electron chi connectivity index (χ4n) is 1.63. The molecule has 4 heteroatoms. The first-order valence-electron chi connectivity index (χ1n) is 5.51. The quantitative estimate of drug-likeness (QED) is 0.757. The number of nitrogens with zero attached hydrogens (tertiary/aromatic N) is 1. The van der Waals surface area contributed by atoms with Crippen LogP contribution in [0.25, 0.3) is 0 Å². The van der Waals surface area contributed by atoms with Crippen molar-refractivity contribution in [3.05, 3.63) is 59.1 Å². The minimum absolute atomic E-state index is 0.743. The lowest BCUT2D eigenvalue weighted by molar-refractivity contribution is 0.415. The van der Waals surface area contributed by atoms with Gasteiger partial charge in [-0.2, -0.15) is 0 Å². The minimum atomic E-state index is 0.743. The van der Waals surface area contributed by atoms with Crippen molar-refractivity contribution in [1.29, 1.82) is 0 Å². The van der Waals surface area contributed by atoms with Gasteiger partial charge in [-0.25, -0.2) is 0 Å². The molecule has 2 aromatic rings. The fourth-order valence-corrected chi connectivity index (χ4v) is 2.37. The van der Waals surface area contributed by atoms with E-state index in [1.807, 2.05) is 52.5 Å². The van der Waals surface area contributed by atoms with Crippen LogP contribution in [-0.2, 0) is 6.54 Å². The van der Waals surface area contributed by atoms with Crippen LogP contribution >= 0.6 is 27.7 Å². The van der Waals surface area contributed by atoms with Crippen molar-refractivity contribution in [3.63, 3.8) is 0 Å². The van der Waals surface area contributed by atoms with E-state index in [9.17, 15) is 0 Å². The van der Waals surface area contributed by atoms with E-state index < -0.39 is 0 Å². The number of rotatable bonds is 4. The lowest BCUT2D eigenvalue weighted by Gasteiger charge is -2.17. The summed E-state index contributed by atoms with van der Waals surface area (Å²) < 4.78 is 7.12. The third-order valence-electron chi connectivity index (χ3n) is 2.56. The van der Waals surface area contributed by atoms with Gasteiger partial charge in [0.2, 0.25) is 0 Å². The number of hydrogen-bond donors (Lipinski definition) is 0. The normalized spacial score (nSPS) is 10.2. The molecule has 0 aliphatic rings. The Morgan fingerprint density at radius 2 is 1.89 bits per heavy atom. The van der Waals surface area contributed by atoms with E-state index in [1.165, 1.54) is 0 Å². The zero-order valence-electron chi connectivity index (χ0n) is 9.94. The second kappa shape index (κ2) is 6.12. The topological polar surface area (TPSA) is 12.5 Å². The van der Waals surface area contributed by atoms with Crippen LogP contribution < -0.4 is 8.66 Å². The molecule has 0 heterocycles. The van der Waals surface area contributed by atoms with Crippen LogP contribution in [0.4, 0.5) is 5.69 Å². The molecule has 94 valence electrons. The van der Waals surface area contributed by atoms with Crippen molar-refractivity contribution in [3.8, 4) is 5.75 Å². The highest BCUT2D eigenvalue weighted by molar-refractivity contribution is 9.10. The van der Waals surface area contributed by atoms with Crippen molar-refractivity contribution in [2.24, 2.45) is 0 Å². The molecule has 0 saturated carbocycles. The Bertz CT molecular complexity index is 515. The number of halogens is 2. The van der Waals surface area contributed by atoms with E-state index in [2.05, 4.69) is 16.1 Å². The van der Waals surface area contributed by atoms with Crippen LogP contribution in [0.15, 0.2) is 48.5 Å². The Balaban J connectivity index is 2.09. The molecule has 2 aromatic carbocycles. The summed E-state index contributed by atoms with van der Waals surface area (Å²) in [6.45, 7) is 0.743. The number of anilines is 1. The molecule has 0 atom stereocenters. The number of ether oxygens (including phenoxy) is 1. The molecule has 0 spiro atoms. The second-order valence-electron chi connectivity index (χ2n) is 3.85. The number of benzene rings is 2. The Kier molecular flexibility index (Phi) is 4.50. The van der Waals surface area contributed by atoms with Gasteiger partial charge in [-0.05, 0) is 42.0 Å². The summed E-state index contributed by atoms with van der Waals surface area (Å²) >= 11 is 9.51. The van der Waals surface area contributed by atoms with Gasteiger partial charge in [-0.1, -0.05) is 23.7 Å². The summed E-state index contributed by atoms with van der Waals surface area (Å²) in [5.41, 5.74) is 2.21. The molecule has 2 rings (SSSR count). The van der Waals surface area contributed by atoms with Crippen molar-refractivity contribution >= 4 is 33.4 Å². The lowest BCUT2D eigenvalue weighted by atomic mass is 10.2. The molecule has 18 heavy (non-hydrogen) atoms. The molecule has 0 fully saturated rings. The van der Waals surface area contributed by atoms with E-state index in [-0.39, 0.29) is 0 Å². The molecule has 2 nitrogen and oxygen atoms in total. The molecular formula is C14H13BrClNO. The number of hydrogen-bond acceptors (Lipinski definition) is 2. The van der Waals surface area contributed by atoms with Crippen molar-refractivity contribution in [2.45, 2.75) is 6.54 Å². The predicted octanol–water partition coefficient (Wildman–Crippen LogP) is 4.67. The first-order valence-corrected chi connectivity index (χ1v) is 6.59. The smallest absolute Gasteiger partial charge is 0.119 e. The third-order valence-corrected chi connectivity index (χ3v) is 3.46. The van der Waals surface area contributed by atoms with E-state index >= 15 is 0 Å². The SMILES string of the molecule is COc1ccc(N(Br)Cc2cccc(Cl)c2)cc1. The molecule has 0 bridgehead atoms. The average Bonchev–Trinajstić information content (AvgIpc) is 2.39. The molecular weight excluding hydrogens is 314 g/mol. The molecule has 0 unspecified atom stereocenters. The Morgan fingerprint density at radius 1 is 1.17 bits per heavy atom. The highest BCUT2D eigenvalue weighted by atomic mass is 79.9. The average molecular weight is 327 g/mol. The van der Waals surface area contributed by atoms with E-state index in [0.717, 1.165) is 28.6 Å². The maximum absolute atomic E-state index is 5.96. The third kappa shape index (κ3) is 3.40. The van der Waals surface area contributed by atoms with E-state index in [0.29, 0.717) is 0 Å². The van der Waals surface area contributed by atoms with Crippen molar-refractivity contribution in [1.82, 2.24) is 0 Å². The van der Waals surface area contributed by atoms with Gasteiger partial charge in [-0.15, -0.1) is 0 Å². The molecule has 0 radical (unpaired) electrons. The highest BCUT2D eigenvalue weighted by Crippen LogP contribution is 2.24. The number of methoxy groups -OCH3 is 1. The van der Waals surface area contributed by atoms with Crippen LogP contribution in [0.5, 0.6) is 5.75 Å². The zero-order valence-corrected chi connectivity index (χ0v) is 12.3. The first kappa shape index (κ1) is 13.2. The van der Waals surface area contributed by atoms with Crippen LogP contribution in [0.1, 0.15) is 5.56 Å². The molecule has 0 saturated heterocycles. The fraction of sp³-hybridized carbons (Fsp3) is 0.143. The molecule has 0 aromatic heterocycles. The summed E-state index contributed by atoms with van der Waals surface area (Å²) in [4.78, 5) is 0. The van der Waals surface area contributed by atoms with Gasteiger partial charge in [0.15, 0.2) is 0 Å². The van der Waals surface area contributed by atoms with Gasteiger partial charge in [0.1, 0.15) is 5.75 Å². The summed E-state index contributed by atoms with van der Waals surface area (Å²) in [7, 11) is 1.66. The zero-order chi connectivity index (χ0) is 13.0. The highest BCUT2D eigenvalue weighted by Gasteiger charge is 2.04. The maximum atomic E-state index is 5.96.